The highest BCUT2D eigenvalue weighted by atomic mass is 32.2. The summed E-state index contributed by atoms with van der Waals surface area (Å²) in [5.41, 5.74) is 7.60. The maximum absolute atomic E-state index is 3.32. The molecule has 0 amide bonds. The van der Waals surface area contributed by atoms with Crippen molar-refractivity contribution < 1.29 is 0 Å². The molecule has 57 heavy (non-hydrogen) atoms. The molecule has 0 aliphatic heterocycles. The molecule has 6 nitrogen and oxygen atoms in total. The summed E-state index contributed by atoms with van der Waals surface area (Å²) in [5, 5.41) is 13.5. The van der Waals surface area contributed by atoms with Crippen molar-refractivity contribution in [1.82, 2.24) is 30.9 Å². The Morgan fingerprint density at radius 2 is 0.912 bits per heavy atom. The highest BCUT2D eigenvalue weighted by Crippen LogP contribution is 2.36. The maximum Gasteiger partial charge on any atom is 0.0595 e. The Kier molecular flexibility index (Phi) is 14.3. The minimum absolute atomic E-state index is 0.893. The number of hydrogen-bond acceptors (Lipinski definition) is 6. The lowest BCUT2D eigenvalue weighted by atomic mass is 10.2. The molecule has 0 spiro atoms. The van der Waals surface area contributed by atoms with Gasteiger partial charge in [-0.05, 0) is 110 Å². The molecule has 0 aliphatic carbocycles. The van der Waals surface area contributed by atoms with Gasteiger partial charge in [0.15, 0.2) is 0 Å². The summed E-state index contributed by atoms with van der Waals surface area (Å²) >= 11 is 5.46. The van der Waals surface area contributed by atoms with Crippen LogP contribution in [0.2, 0.25) is 0 Å². The normalized spacial score (nSPS) is 11.0. The standard InChI is InChI=1S/3C16H16N2S/c1-17-11-13-5-2-3-7-14(13)19-15-8-4-6-12-9-10-18-16(12)15;1-17-11-12-5-2-3-7-15(12)19-16-8-4-6-14-13(16)9-10-18-14;1-17-11-13-4-2-3-5-16(13)19-14-7-6-12-8-9-18-15(12)10-14/h3*2-10,17-18H,11H2,1H3. The van der Waals surface area contributed by atoms with Gasteiger partial charge in [-0.1, -0.05) is 114 Å². The topological polar surface area (TPSA) is 83.5 Å². The summed E-state index contributed by atoms with van der Waals surface area (Å²) in [6.45, 7) is 2.68. The van der Waals surface area contributed by atoms with Crippen LogP contribution in [0.15, 0.2) is 194 Å². The van der Waals surface area contributed by atoms with Crippen molar-refractivity contribution in [2.75, 3.05) is 21.1 Å². The minimum atomic E-state index is 0.893. The summed E-state index contributed by atoms with van der Waals surface area (Å²) in [6, 6.07) is 51.3. The lowest BCUT2D eigenvalue weighted by Crippen LogP contribution is -2.05. The van der Waals surface area contributed by atoms with Crippen molar-refractivity contribution in [3.63, 3.8) is 0 Å². The minimum Gasteiger partial charge on any atom is -0.361 e. The van der Waals surface area contributed by atoms with Gasteiger partial charge in [-0.15, -0.1) is 0 Å². The van der Waals surface area contributed by atoms with Crippen molar-refractivity contribution in [2.45, 2.75) is 49.0 Å². The largest absolute Gasteiger partial charge is 0.361 e. The fraction of sp³-hybridized carbons (Fsp3) is 0.125. The number of benzene rings is 6. The second-order valence-corrected chi connectivity index (χ2v) is 16.6. The van der Waals surface area contributed by atoms with E-state index in [1.165, 1.54) is 78.8 Å². The Labute approximate surface area is 348 Å². The predicted molar refractivity (Wildman–Crippen MR) is 245 cm³/mol. The van der Waals surface area contributed by atoms with E-state index in [1.54, 1.807) is 0 Å². The number of H-pyrrole nitrogens is 3. The lowest BCUT2D eigenvalue weighted by molar-refractivity contribution is 0.803. The van der Waals surface area contributed by atoms with Crippen LogP contribution in [-0.2, 0) is 19.6 Å². The van der Waals surface area contributed by atoms with Gasteiger partial charge in [0.1, 0.15) is 0 Å². The van der Waals surface area contributed by atoms with Crippen molar-refractivity contribution in [2.24, 2.45) is 0 Å². The monoisotopic (exact) mass is 804 g/mol. The van der Waals surface area contributed by atoms with E-state index in [0.29, 0.717) is 0 Å². The molecule has 0 saturated carbocycles. The van der Waals surface area contributed by atoms with E-state index in [2.05, 4.69) is 176 Å². The molecule has 9 rings (SSSR count). The van der Waals surface area contributed by atoms with Gasteiger partial charge in [0.2, 0.25) is 0 Å². The van der Waals surface area contributed by atoms with Gasteiger partial charge >= 0.3 is 0 Å². The second-order valence-electron chi connectivity index (χ2n) is 13.3. The zero-order chi connectivity index (χ0) is 39.2. The van der Waals surface area contributed by atoms with Crippen LogP contribution in [0.5, 0.6) is 0 Å². The van der Waals surface area contributed by atoms with Crippen LogP contribution in [0.4, 0.5) is 0 Å². The SMILES string of the molecule is CNCc1ccccc1Sc1ccc2cc[nH]c2c1.CNCc1ccccc1Sc1cccc2[nH]ccc12.CNCc1ccccc1Sc1cccc2cc[nH]c12. The van der Waals surface area contributed by atoms with Crippen molar-refractivity contribution in [3.8, 4) is 0 Å². The van der Waals surface area contributed by atoms with Crippen LogP contribution in [0.1, 0.15) is 16.7 Å². The zero-order valence-corrected chi connectivity index (χ0v) is 34.9. The first-order chi connectivity index (χ1) is 28.1. The van der Waals surface area contributed by atoms with E-state index in [4.69, 9.17) is 0 Å². The first kappa shape index (κ1) is 40.1. The molecule has 0 fully saturated rings. The van der Waals surface area contributed by atoms with Crippen LogP contribution in [0.3, 0.4) is 0 Å². The van der Waals surface area contributed by atoms with Gasteiger partial charge in [0.25, 0.3) is 0 Å². The highest BCUT2D eigenvalue weighted by Gasteiger charge is 2.09. The summed E-state index contributed by atoms with van der Waals surface area (Å²) in [6.07, 6.45) is 5.97. The number of hydrogen-bond donors (Lipinski definition) is 6. The number of aromatic amines is 3. The first-order valence-electron chi connectivity index (χ1n) is 19.0. The van der Waals surface area contributed by atoms with Crippen LogP contribution in [0.25, 0.3) is 32.7 Å². The summed E-state index contributed by atoms with van der Waals surface area (Å²) in [7, 11) is 5.94. The molecule has 0 unspecified atom stereocenters. The third kappa shape index (κ3) is 10.4. The van der Waals surface area contributed by atoms with Gasteiger partial charge in [-0.3, -0.25) is 0 Å². The van der Waals surface area contributed by atoms with Crippen molar-refractivity contribution >= 4 is 68.0 Å². The number of fused-ring (bicyclic) bond motifs is 3. The smallest absolute Gasteiger partial charge is 0.0595 e. The molecule has 0 saturated heterocycles. The lowest BCUT2D eigenvalue weighted by Gasteiger charge is -2.09. The molecule has 3 heterocycles. The third-order valence-corrected chi connectivity index (χ3v) is 12.8. The third-order valence-electron chi connectivity index (χ3n) is 9.32. The van der Waals surface area contributed by atoms with Gasteiger partial charge in [-0.2, -0.15) is 0 Å². The molecule has 9 heteroatoms. The zero-order valence-electron chi connectivity index (χ0n) is 32.4. The van der Waals surface area contributed by atoms with Crippen LogP contribution in [-0.4, -0.2) is 36.1 Å². The van der Waals surface area contributed by atoms with Gasteiger partial charge in [-0.25, -0.2) is 0 Å². The Bertz CT molecular complexity index is 2520. The Morgan fingerprint density at radius 1 is 0.404 bits per heavy atom. The Morgan fingerprint density at radius 3 is 1.58 bits per heavy atom. The summed E-state index contributed by atoms with van der Waals surface area (Å²) in [5.74, 6) is 0. The molecule has 0 radical (unpaired) electrons. The summed E-state index contributed by atoms with van der Waals surface area (Å²) < 4.78 is 0. The molecule has 288 valence electrons. The van der Waals surface area contributed by atoms with Gasteiger partial charge < -0.3 is 30.9 Å². The van der Waals surface area contributed by atoms with E-state index in [0.717, 1.165) is 19.6 Å². The van der Waals surface area contributed by atoms with E-state index in [1.807, 2.05) is 75.0 Å². The first-order valence-corrected chi connectivity index (χ1v) is 21.5. The number of nitrogens with one attached hydrogen (secondary N) is 6. The van der Waals surface area contributed by atoms with E-state index in [9.17, 15) is 0 Å². The Hall–Kier alpha value is -5.13. The highest BCUT2D eigenvalue weighted by molar-refractivity contribution is 8.00. The molecule has 0 atom stereocenters. The van der Waals surface area contributed by atoms with Crippen LogP contribution >= 0.6 is 35.3 Å². The molecule has 6 aromatic carbocycles. The summed E-state index contributed by atoms with van der Waals surface area (Å²) in [4.78, 5) is 17.6. The van der Waals surface area contributed by atoms with Crippen molar-refractivity contribution in [3.05, 3.63) is 181 Å². The molecular weight excluding hydrogens is 757 g/mol. The maximum atomic E-state index is 3.32. The molecular formula is C48H48N6S3. The molecule has 6 N–H and O–H groups in total. The van der Waals surface area contributed by atoms with Crippen molar-refractivity contribution in [1.29, 1.82) is 0 Å². The molecule has 9 aromatic rings. The molecule has 3 aromatic heterocycles. The van der Waals surface area contributed by atoms with Crippen LogP contribution in [0, 0.1) is 0 Å². The number of aromatic nitrogens is 3. The molecule has 0 aliphatic rings. The quantitative estimate of drug-likeness (QED) is 0.0738. The van der Waals surface area contributed by atoms with Gasteiger partial charge in [0, 0.05) is 89.4 Å². The van der Waals surface area contributed by atoms with E-state index >= 15 is 0 Å². The second kappa shape index (κ2) is 20.3. The van der Waals surface area contributed by atoms with Gasteiger partial charge in [0.05, 0.1) is 5.52 Å². The number of rotatable bonds is 12. The predicted octanol–water partition coefficient (Wildman–Crippen LogP) is 12.1. The number of para-hydroxylation sites is 1. The fourth-order valence-electron chi connectivity index (χ4n) is 6.56. The van der Waals surface area contributed by atoms with E-state index < -0.39 is 0 Å². The average molecular weight is 805 g/mol. The fourth-order valence-corrected chi connectivity index (χ4v) is 9.72. The van der Waals surface area contributed by atoms with E-state index in [-0.39, 0.29) is 0 Å². The average Bonchev–Trinajstić information content (AvgIpc) is 4.03. The molecule has 0 bridgehead atoms. The Balaban J connectivity index is 0.000000131. The van der Waals surface area contributed by atoms with Crippen LogP contribution < -0.4 is 16.0 Å².